The van der Waals surface area contributed by atoms with Crippen LogP contribution >= 0.6 is 11.6 Å². The van der Waals surface area contributed by atoms with Crippen LogP contribution in [-0.2, 0) is 31.1 Å². The molecule has 4 aromatic carbocycles. The molecular weight excluding hydrogens is 799 g/mol. The first kappa shape index (κ1) is 44.5. The van der Waals surface area contributed by atoms with Crippen molar-refractivity contribution in [1.29, 1.82) is 0 Å². The van der Waals surface area contributed by atoms with Crippen molar-refractivity contribution in [2.45, 2.75) is 83.5 Å². The molecule has 0 aromatic heterocycles. The molecule has 0 unspecified atom stereocenters. The maximum Gasteiger partial charge on any atom is 1.00 e. The van der Waals surface area contributed by atoms with E-state index in [9.17, 15) is 25.9 Å². The molecule has 58 heavy (non-hydrogen) atoms. The van der Waals surface area contributed by atoms with E-state index in [1.807, 2.05) is 12.1 Å². The number of allylic oxidation sites excluding steroid dienone is 8. The Morgan fingerprint density at radius 1 is 0.793 bits per heavy atom. The van der Waals surface area contributed by atoms with Gasteiger partial charge in [0.1, 0.15) is 6.54 Å². The number of anilines is 1. The summed E-state index contributed by atoms with van der Waals surface area (Å²) in [6.07, 6.45) is 13.1. The Balaban J connectivity index is 0.00000331. The molecule has 2 heterocycles. The standard InChI is InChI=1S/C46H51ClN2O6S2.Na.H/c1-45(2)40(48(28-9-11-30-56(50,51)52)38-24-20-32-14-5-7-18-36(32)42(38)45)26-22-34-16-13-17-35(44(34)47)23-27-41-46(3,4)43-37-19-8-6-15-33(37)21-25-39(43)49(41)29-10-12-31-57(53,54)55;;/h5-8,14-15,18-27H,9-13,16-17,28-31H2,1-4H3,(H-,50,51,52,53,54,55);;/q;+1;-1. The number of fused-ring (bicyclic) bond motifs is 6. The topological polar surface area (TPSA) is 118 Å². The SMILES string of the molecule is CC1(C)C(=CC=C2CCCC(C=CC3=[N+](CCCCS(=O)(=O)O)c4ccc5ccccc5c4C3(C)C)=C2Cl)N(CCCCS(=O)(=O)[O-])c2ccc3ccccc3c21.[H-].[Na+]. The van der Waals surface area contributed by atoms with Gasteiger partial charge in [0.15, 0.2) is 5.71 Å². The molecule has 0 radical (unpaired) electrons. The Kier molecular flexibility index (Phi) is 13.4. The quantitative estimate of drug-likeness (QED) is 0.0649. The predicted molar refractivity (Wildman–Crippen MR) is 234 cm³/mol. The Hall–Kier alpha value is -3.06. The fourth-order valence-corrected chi connectivity index (χ4v) is 10.7. The smallest absolute Gasteiger partial charge is 1.00 e. The molecule has 0 saturated carbocycles. The van der Waals surface area contributed by atoms with Crippen LogP contribution in [0.15, 0.2) is 119 Å². The van der Waals surface area contributed by atoms with Crippen LogP contribution in [-0.4, -0.2) is 60.8 Å². The van der Waals surface area contributed by atoms with E-state index in [0.29, 0.717) is 38.8 Å². The molecule has 12 heteroatoms. The van der Waals surface area contributed by atoms with Gasteiger partial charge in [-0.05, 0) is 109 Å². The fraction of sp³-hybridized carbons (Fsp3) is 0.370. The second kappa shape index (κ2) is 17.5. The Morgan fingerprint density at radius 2 is 1.43 bits per heavy atom. The third-order valence-electron chi connectivity index (χ3n) is 11.9. The van der Waals surface area contributed by atoms with Gasteiger partial charge in [0.2, 0.25) is 5.69 Å². The molecule has 302 valence electrons. The fourth-order valence-electron chi connectivity index (χ4n) is 9.22. The van der Waals surface area contributed by atoms with E-state index in [4.69, 9.17) is 11.6 Å². The third-order valence-corrected chi connectivity index (χ3v) is 14.0. The predicted octanol–water partition coefficient (Wildman–Crippen LogP) is 7.32. The molecule has 8 nitrogen and oxygen atoms in total. The second-order valence-electron chi connectivity index (χ2n) is 16.5. The van der Waals surface area contributed by atoms with Gasteiger partial charge in [-0.3, -0.25) is 4.55 Å². The minimum Gasteiger partial charge on any atom is -1.00 e. The molecular formula is C46H52ClN2NaO6S2. The molecule has 1 N–H and O–H groups in total. The molecule has 0 saturated heterocycles. The molecule has 0 fully saturated rings. The van der Waals surface area contributed by atoms with Crippen LogP contribution in [0.4, 0.5) is 11.4 Å². The number of rotatable bonds is 13. The largest absolute Gasteiger partial charge is 1.00 e. The van der Waals surface area contributed by atoms with Crippen LogP contribution in [0.25, 0.3) is 21.5 Å². The Labute approximate surface area is 372 Å². The Morgan fingerprint density at radius 3 is 2.10 bits per heavy atom. The van der Waals surface area contributed by atoms with E-state index in [-0.39, 0.29) is 53.3 Å². The van der Waals surface area contributed by atoms with Crippen LogP contribution in [0.5, 0.6) is 0 Å². The van der Waals surface area contributed by atoms with Gasteiger partial charge in [-0.2, -0.15) is 13.0 Å². The number of hydrogen-bond acceptors (Lipinski definition) is 6. The molecule has 0 bridgehead atoms. The Bertz CT molecular complexity index is 2650. The summed E-state index contributed by atoms with van der Waals surface area (Å²) in [7, 11) is -8.32. The monoisotopic (exact) mass is 850 g/mol. The van der Waals surface area contributed by atoms with E-state index in [1.54, 1.807) is 0 Å². The van der Waals surface area contributed by atoms with Gasteiger partial charge < -0.3 is 10.9 Å². The zero-order valence-electron chi connectivity index (χ0n) is 35.1. The number of benzene rings is 4. The van der Waals surface area contributed by atoms with Gasteiger partial charge >= 0.3 is 29.6 Å². The van der Waals surface area contributed by atoms with Crippen molar-refractivity contribution in [3.05, 3.63) is 130 Å². The summed E-state index contributed by atoms with van der Waals surface area (Å²) in [5.41, 5.74) is 8.25. The van der Waals surface area contributed by atoms with Crippen molar-refractivity contribution >= 4 is 70.5 Å². The average Bonchev–Trinajstić information content (AvgIpc) is 3.51. The first-order valence-electron chi connectivity index (χ1n) is 19.8. The zero-order chi connectivity index (χ0) is 40.8. The average molecular weight is 852 g/mol. The molecule has 2 aliphatic heterocycles. The molecule has 0 atom stereocenters. The number of hydrogen-bond donors (Lipinski definition) is 1. The summed E-state index contributed by atoms with van der Waals surface area (Å²) in [5, 5.41) is 5.43. The van der Waals surface area contributed by atoms with Crippen LogP contribution in [0.3, 0.4) is 0 Å². The van der Waals surface area contributed by atoms with Crippen molar-refractivity contribution in [2.75, 3.05) is 29.5 Å². The summed E-state index contributed by atoms with van der Waals surface area (Å²) < 4.78 is 68.8. The van der Waals surface area contributed by atoms with Gasteiger partial charge in [-0.15, -0.1) is 0 Å². The summed E-state index contributed by atoms with van der Waals surface area (Å²) in [6, 6.07) is 25.3. The van der Waals surface area contributed by atoms with E-state index in [1.165, 1.54) is 27.3 Å². The van der Waals surface area contributed by atoms with Crippen molar-refractivity contribution in [1.82, 2.24) is 0 Å². The number of halogens is 1. The molecule has 3 aliphatic rings. The number of unbranched alkanes of at least 4 members (excludes halogenated alkanes) is 2. The van der Waals surface area contributed by atoms with Crippen molar-refractivity contribution in [3.63, 3.8) is 0 Å². The summed E-state index contributed by atoms with van der Waals surface area (Å²) >= 11 is 7.29. The summed E-state index contributed by atoms with van der Waals surface area (Å²) in [6.45, 7) is 10.1. The maximum atomic E-state index is 11.5. The van der Waals surface area contributed by atoms with E-state index < -0.39 is 20.2 Å². The van der Waals surface area contributed by atoms with E-state index in [0.717, 1.165) is 63.6 Å². The molecule has 0 spiro atoms. The summed E-state index contributed by atoms with van der Waals surface area (Å²) in [5.74, 6) is -0.642. The first-order valence-corrected chi connectivity index (χ1v) is 23.4. The van der Waals surface area contributed by atoms with Crippen molar-refractivity contribution in [2.24, 2.45) is 0 Å². The molecule has 4 aromatic rings. The molecule has 7 rings (SSSR count). The van der Waals surface area contributed by atoms with Crippen LogP contribution in [0, 0.1) is 0 Å². The normalized spacial score (nSPS) is 19.2. The van der Waals surface area contributed by atoms with Crippen molar-refractivity contribution < 1.29 is 61.5 Å². The number of nitrogens with zero attached hydrogens (tertiary/aromatic N) is 2. The zero-order valence-corrected chi connectivity index (χ0v) is 38.5. The van der Waals surface area contributed by atoms with E-state index >= 15 is 0 Å². The van der Waals surface area contributed by atoms with Gasteiger partial charge in [-0.1, -0.05) is 92.2 Å². The van der Waals surface area contributed by atoms with Gasteiger partial charge in [0, 0.05) is 58.3 Å². The van der Waals surface area contributed by atoms with Gasteiger partial charge in [-0.25, -0.2) is 8.42 Å². The second-order valence-corrected chi connectivity index (χ2v) is 20.0. The molecule has 1 aliphatic carbocycles. The van der Waals surface area contributed by atoms with Crippen molar-refractivity contribution in [3.8, 4) is 0 Å². The third kappa shape index (κ3) is 9.15. The first-order chi connectivity index (χ1) is 27.0. The van der Waals surface area contributed by atoms with Gasteiger partial charge in [0.25, 0.3) is 10.1 Å². The maximum absolute atomic E-state index is 11.5. The minimum atomic E-state index is -4.29. The van der Waals surface area contributed by atoms with E-state index in [2.05, 4.69) is 122 Å². The van der Waals surface area contributed by atoms with Crippen LogP contribution in [0.2, 0.25) is 0 Å². The summed E-state index contributed by atoms with van der Waals surface area (Å²) in [4.78, 5) is 2.28. The van der Waals surface area contributed by atoms with Crippen LogP contribution < -0.4 is 34.5 Å². The minimum absolute atomic E-state index is 0. The van der Waals surface area contributed by atoms with Crippen LogP contribution in [0.1, 0.15) is 85.2 Å². The van der Waals surface area contributed by atoms with Gasteiger partial charge in [0.05, 0.1) is 21.3 Å². The molecule has 0 amide bonds.